The molecule has 0 radical (unpaired) electrons. The lowest BCUT2D eigenvalue weighted by atomic mass is 10.2. The van der Waals surface area contributed by atoms with Crippen LogP contribution in [0.3, 0.4) is 0 Å². The van der Waals surface area contributed by atoms with E-state index in [1.54, 1.807) is 18.2 Å². The van der Waals surface area contributed by atoms with Crippen molar-refractivity contribution < 1.29 is 8.42 Å². The zero-order valence-electron chi connectivity index (χ0n) is 13.9. The smallest absolute Gasteiger partial charge is 0.243 e. The van der Waals surface area contributed by atoms with Gasteiger partial charge in [-0.2, -0.15) is 9.57 Å². The molecule has 1 aliphatic heterocycles. The molecule has 0 aliphatic carbocycles. The van der Waals surface area contributed by atoms with E-state index in [1.165, 1.54) is 28.6 Å². The van der Waals surface area contributed by atoms with Gasteiger partial charge in [-0.05, 0) is 36.4 Å². The number of benzene rings is 2. The second-order valence-corrected chi connectivity index (χ2v) is 8.77. The Kier molecular flexibility index (Phi) is 5.86. The van der Waals surface area contributed by atoms with Gasteiger partial charge in [-0.3, -0.25) is 4.90 Å². The third-order valence-corrected chi connectivity index (χ3v) is 7.02. The van der Waals surface area contributed by atoms with Crippen molar-refractivity contribution in [3.8, 4) is 6.07 Å². The zero-order valence-corrected chi connectivity index (χ0v) is 16.2. The molecule has 136 valence electrons. The highest BCUT2D eigenvalue weighted by Gasteiger charge is 2.28. The summed E-state index contributed by atoms with van der Waals surface area (Å²) in [6.45, 7) is 2.56. The van der Waals surface area contributed by atoms with Crippen molar-refractivity contribution in [3.05, 3.63) is 63.6 Å². The van der Waals surface area contributed by atoms with Gasteiger partial charge in [0.1, 0.15) is 0 Å². The number of nitriles is 1. The maximum Gasteiger partial charge on any atom is 0.243 e. The van der Waals surface area contributed by atoms with Crippen LogP contribution < -0.4 is 0 Å². The van der Waals surface area contributed by atoms with Crippen LogP contribution in [0.15, 0.2) is 47.4 Å². The van der Waals surface area contributed by atoms with Gasteiger partial charge in [-0.15, -0.1) is 0 Å². The van der Waals surface area contributed by atoms with Crippen LogP contribution in [0, 0.1) is 11.3 Å². The van der Waals surface area contributed by atoms with E-state index in [9.17, 15) is 8.42 Å². The van der Waals surface area contributed by atoms with Gasteiger partial charge in [-0.1, -0.05) is 29.3 Å². The van der Waals surface area contributed by atoms with Crippen LogP contribution in [0.25, 0.3) is 0 Å². The van der Waals surface area contributed by atoms with Crippen LogP contribution in [-0.4, -0.2) is 43.8 Å². The first kappa shape index (κ1) is 19.2. The molecule has 0 bridgehead atoms. The molecule has 0 atom stereocenters. The summed E-state index contributed by atoms with van der Waals surface area (Å²) in [7, 11) is -3.55. The number of hydrogen-bond acceptors (Lipinski definition) is 4. The quantitative estimate of drug-likeness (QED) is 0.776. The van der Waals surface area contributed by atoms with Gasteiger partial charge in [0.2, 0.25) is 10.0 Å². The third-order valence-electron chi connectivity index (χ3n) is 4.40. The highest BCUT2D eigenvalue weighted by molar-refractivity contribution is 7.89. The summed E-state index contributed by atoms with van der Waals surface area (Å²) in [6.07, 6.45) is 0. The van der Waals surface area contributed by atoms with Crippen LogP contribution in [0.4, 0.5) is 0 Å². The van der Waals surface area contributed by atoms with Crippen molar-refractivity contribution in [2.45, 2.75) is 11.4 Å². The van der Waals surface area contributed by atoms with Crippen molar-refractivity contribution in [2.75, 3.05) is 26.2 Å². The molecule has 1 saturated heterocycles. The molecule has 0 saturated carbocycles. The van der Waals surface area contributed by atoms with Crippen molar-refractivity contribution in [1.29, 1.82) is 5.26 Å². The summed E-state index contributed by atoms with van der Waals surface area (Å²) < 4.78 is 27.0. The molecule has 26 heavy (non-hydrogen) atoms. The van der Waals surface area contributed by atoms with Crippen molar-refractivity contribution in [2.24, 2.45) is 0 Å². The van der Waals surface area contributed by atoms with Crippen molar-refractivity contribution in [3.63, 3.8) is 0 Å². The monoisotopic (exact) mass is 409 g/mol. The average Bonchev–Trinajstić information content (AvgIpc) is 2.65. The van der Waals surface area contributed by atoms with Gasteiger partial charge in [-0.25, -0.2) is 8.42 Å². The van der Waals surface area contributed by atoms with Crippen molar-refractivity contribution in [1.82, 2.24) is 9.21 Å². The summed E-state index contributed by atoms with van der Waals surface area (Å²) in [5.41, 5.74) is 1.30. The number of hydrogen-bond donors (Lipinski definition) is 0. The Labute approximate surface area is 163 Å². The Bertz CT molecular complexity index is 912. The first-order valence-corrected chi connectivity index (χ1v) is 10.3. The Hall–Kier alpha value is -1.62. The van der Waals surface area contributed by atoms with Crippen molar-refractivity contribution >= 4 is 33.2 Å². The first-order valence-electron chi connectivity index (χ1n) is 8.07. The van der Waals surface area contributed by atoms with Crippen LogP contribution >= 0.6 is 23.2 Å². The van der Waals surface area contributed by atoms with E-state index < -0.39 is 10.0 Å². The van der Waals surface area contributed by atoms with Crippen LogP contribution in [0.2, 0.25) is 10.0 Å². The molecule has 0 spiro atoms. The summed E-state index contributed by atoms with van der Waals surface area (Å²) in [4.78, 5) is 2.34. The lowest BCUT2D eigenvalue weighted by Gasteiger charge is -2.34. The maximum atomic E-state index is 12.7. The maximum absolute atomic E-state index is 12.7. The summed E-state index contributed by atoms with van der Waals surface area (Å²) >= 11 is 12.4. The lowest BCUT2D eigenvalue weighted by Crippen LogP contribution is -2.48. The van der Waals surface area contributed by atoms with Gasteiger partial charge in [0.15, 0.2) is 0 Å². The molecule has 3 rings (SSSR count). The van der Waals surface area contributed by atoms with E-state index in [4.69, 9.17) is 28.5 Å². The molecule has 0 N–H and O–H groups in total. The summed E-state index contributed by atoms with van der Waals surface area (Å²) in [5.74, 6) is 0. The molecule has 0 amide bonds. The molecule has 2 aromatic carbocycles. The predicted octanol–water partition coefficient (Wildman–Crippen LogP) is 3.37. The van der Waals surface area contributed by atoms with E-state index in [-0.39, 0.29) is 4.90 Å². The number of nitrogens with zero attached hydrogens (tertiary/aromatic N) is 3. The molecule has 0 unspecified atom stereocenters. The number of sulfonamides is 1. The zero-order chi connectivity index (χ0) is 18.7. The molecular formula is C18H17Cl2N3O2S. The number of piperazine rings is 1. The van der Waals surface area contributed by atoms with E-state index in [1.807, 2.05) is 6.07 Å². The van der Waals surface area contributed by atoms with Crippen LogP contribution in [-0.2, 0) is 16.6 Å². The molecule has 1 fully saturated rings. The fraction of sp³-hybridized carbons (Fsp3) is 0.278. The Morgan fingerprint density at radius 3 is 2.08 bits per heavy atom. The molecule has 1 heterocycles. The highest BCUT2D eigenvalue weighted by atomic mass is 35.5. The minimum atomic E-state index is -3.55. The number of halogens is 2. The van der Waals surface area contributed by atoms with Crippen LogP contribution in [0.1, 0.15) is 11.1 Å². The normalized spacial score (nSPS) is 16.3. The fourth-order valence-electron chi connectivity index (χ4n) is 2.89. The minimum Gasteiger partial charge on any atom is -0.296 e. The lowest BCUT2D eigenvalue weighted by molar-refractivity contribution is 0.181. The van der Waals surface area contributed by atoms with Gasteiger partial charge in [0.25, 0.3) is 0 Å². The third kappa shape index (κ3) is 4.03. The summed E-state index contributed by atoms with van der Waals surface area (Å²) in [6, 6.07) is 13.4. The topological polar surface area (TPSA) is 64.4 Å². The van der Waals surface area contributed by atoms with Crippen LogP contribution in [0.5, 0.6) is 0 Å². The van der Waals surface area contributed by atoms with Gasteiger partial charge in [0, 0.05) is 48.3 Å². The standard InChI is InChI=1S/C18H17Cl2N3O2S/c19-17-2-1-3-18(20)16(17)13-22-8-10-23(11-9-22)26(24,25)15-6-4-14(12-21)5-7-15/h1-7H,8-11,13H2. The molecular weight excluding hydrogens is 393 g/mol. The highest BCUT2D eigenvalue weighted by Crippen LogP contribution is 2.26. The predicted molar refractivity (Wildman–Crippen MR) is 102 cm³/mol. The first-order chi connectivity index (χ1) is 12.4. The van der Waals surface area contributed by atoms with E-state index >= 15 is 0 Å². The Morgan fingerprint density at radius 1 is 0.962 bits per heavy atom. The van der Waals surface area contributed by atoms with Gasteiger partial charge in [0.05, 0.1) is 16.5 Å². The van der Waals surface area contributed by atoms with E-state index in [0.29, 0.717) is 48.3 Å². The van der Waals surface area contributed by atoms with E-state index in [2.05, 4.69) is 4.90 Å². The fourth-order valence-corrected chi connectivity index (χ4v) is 4.82. The summed E-state index contributed by atoms with van der Waals surface area (Å²) in [5, 5.41) is 10.1. The molecule has 0 aromatic heterocycles. The second-order valence-electron chi connectivity index (χ2n) is 6.02. The Balaban J connectivity index is 1.67. The molecule has 8 heteroatoms. The van der Waals surface area contributed by atoms with Gasteiger partial charge < -0.3 is 0 Å². The van der Waals surface area contributed by atoms with E-state index in [0.717, 1.165) is 5.56 Å². The number of rotatable bonds is 4. The largest absolute Gasteiger partial charge is 0.296 e. The van der Waals surface area contributed by atoms with Gasteiger partial charge >= 0.3 is 0 Å². The average molecular weight is 410 g/mol. The molecule has 5 nitrogen and oxygen atoms in total. The molecule has 2 aromatic rings. The SMILES string of the molecule is N#Cc1ccc(S(=O)(=O)N2CCN(Cc3c(Cl)cccc3Cl)CC2)cc1. The molecule has 1 aliphatic rings. The minimum absolute atomic E-state index is 0.207. The second kappa shape index (κ2) is 7.95. The Morgan fingerprint density at radius 2 is 1.54 bits per heavy atom.